The molecule has 0 fully saturated rings. The molecule has 0 saturated heterocycles. The van der Waals surface area contributed by atoms with E-state index in [1.165, 1.54) is 0 Å². The second-order valence-electron chi connectivity index (χ2n) is 15.3. The number of hydrogen-bond donors (Lipinski definition) is 2. The molecule has 0 spiro atoms. The van der Waals surface area contributed by atoms with Crippen molar-refractivity contribution in [1.82, 2.24) is 20.2 Å². The number of hydrogen-bond acceptors (Lipinski definition) is 10. The summed E-state index contributed by atoms with van der Waals surface area (Å²) in [7, 11) is 1.55. The van der Waals surface area contributed by atoms with Gasteiger partial charge in [-0.15, -0.1) is 0 Å². The summed E-state index contributed by atoms with van der Waals surface area (Å²) in [6.07, 6.45) is 1.71. The summed E-state index contributed by atoms with van der Waals surface area (Å²) in [6.45, 7) is 5.15. The van der Waals surface area contributed by atoms with Crippen LogP contribution in [0.1, 0.15) is 50.9 Å². The largest absolute Gasteiger partial charge is 0.489 e. The number of aliphatic carboxylic acids is 1. The maximum Gasteiger partial charge on any atom is 0.326 e. The lowest BCUT2D eigenvalue weighted by Gasteiger charge is -2.37. The van der Waals surface area contributed by atoms with Gasteiger partial charge in [-0.05, 0) is 109 Å². The highest BCUT2D eigenvalue weighted by atomic mass is 35.5. The number of ether oxygens (including phenoxy) is 5. The molecule has 0 unspecified atom stereocenters. The number of aromatic nitrogens is 2. The number of fused-ring (bicyclic) bond motifs is 2. The van der Waals surface area contributed by atoms with Crippen molar-refractivity contribution < 1.29 is 38.4 Å². The average molecular weight is 876 g/mol. The summed E-state index contributed by atoms with van der Waals surface area (Å²) in [5.41, 5.74) is 6.92. The highest BCUT2D eigenvalue weighted by Gasteiger charge is 2.36. The molecule has 0 saturated carbocycles. The van der Waals surface area contributed by atoms with Gasteiger partial charge in [0.15, 0.2) is 17.6 Å². The highest BCUT2D eigenvalue weighted by Crippen LogP contribution is 2.41. The third-order valence-corrected chi connectivity index (χ3v) is 11.8. The number of pyridine rings is 2. The Hall–Kier alpha value is -6.34. The molecule has 1 amide bonds. The molecule has 3 atom stereocenters. The third-order valence-electron chi connectivity index (χ3n) is 11.1. The molecule has 2 aliphatic rings. The van der Waals surface area contributed by atoms with Crippen LogP contribution in [0.3, 0.4) is 0 Å². The zero-order valence-electron chi connectivity index (χ0n) is 34.3. The molecule has 2 aromatic heterocycles. The Balaban J connectivity index is 0.965. The molecular weight excluding hydrogens is 831 g/mol. The number of halogens is 2. The van der Waals surface area contributed by atoms with E-state index >= 15 is 0 Å². The maximum atomic E-state index is 14.2. The maximum absolute atomic E-state index is 14.2. The molecular formula is C48H44Cl2N4O8. The van der Waals surface area contributed by atoms with Crippen LogP contribution < -0.4 is 29.0 Å². The van der Waals surface area contributed by atoms with Crippen molar-refractivity contribution in [3.63, 3.8) is 0 Å². The molecule has 6 aromatic rings. The van der Waals surface area contributed by atoms with Crippen LogP contribution in [0.15, 0.2) is 109 Å². The smallest absolute Gasteiger partial charge is 0.326 e. The average Bonchev–Trinajstić information content (AvgIpc) is 3.27. The van der Waals surface area contributed by atoms with Gasteiger partial charge in [-0.1, -0.05) is 59.6 Å². The second kappa shape index (κ2) is 18.7. The first-order valence-corrected chi connectivity index (χ1v) is 20.8. The van der Waals surface area contributed by atoms with Gasteiger partial charge in [-0.3, -0.25) is 14.7 Å². The lowest BCUT2D eigenvalue weighted by Crippen LogP contribution is -2.54. The fraction of sp³-hybridized carbons (Fsp3) is 0.250. The number of benzene rings is 4. The van der Waals surface area contributed by atoms with Gasteiger partial charge >= 0.3 is 5.97 Å². The Bertz CT molecular complexity index is 2590. The lowest BCUT2D eigenvalue weighted by molar-refractivity contribution is -0.142. The minimum Gasteiger partial charge on any atom is -0.489 e. The molecule has 2 aliphatic heterocycles. The zero-order valence-corrected chi connectivity index (χ0v) is 35.8. The fourth-order valence-electron chi connectivity index (χ4n) is 7.49. The molecule has 62 heavy (non-hydrogen) atoms. The normalized spacial score (nSPS) is 16.1. The van der Waals surface area contributed by atoms with Crippen LogP contribution in [0, 0.1) is 13.8 Å². The van der Waals surface area contributed by atoms with E-state index in [1.54, 1.807) is 61.8 Å². The number of amides is 1. The molecule has 4 aromatic carbocycles. The molecule has 0 aliphatic carbocycles. The van der Waals surface area contributed by atoms with E-state index in [1.807, 2.05) is 73.3 Å². The van der Waals surface area contributed by atoms with E-state index in [9.17, 15) is 14.7 Å². The van der Waals surface area contributed by atoms with Crippen molar-refractivity contribution in [2.45, 2.75) is 64.6 Å². The van der Waals surface area contributed by atoms with Crippen LogP contribution in [-0.2, 0) is 42.1 Å². The molecule has 0 radical (unpaired) electrons. The van der Waals surface area contributed by atoms with Crippen LogP contribution in [0.5, 0.6) is 34.6 Å². The molecule has 318 valence electrons. The van der Waals surface area contributed by atoms with Crippen molar-refractivity contribution in [2.75, 3.05) is 13.7 Å². The van der Waals surface area contributed by atoms with Gasteiger partial charge in [0.05, 0.1) is 28.9 Å². The van der Waals surface area contributed by atoms with E-state index in [4.69, 9.17) is 46.9 Å². The Kier molecular flexibility index (Phi) is 12.8. The zero-order chi connectivity index (χ0) is 43.3. The molecule has 12 nitrogen and oxygen atoms in total. The van der Waals surface area contributed by atoms with Crippen molar-refractivity contribution in [1.29, 1.82) is 0 Å². The van der Waals surface area contributed by atoms with Crippen molar-refractivity contribution >= 4 is 35.1 Å². The van der Waals surface area contributed by atoms with E-state index < -0.39 is 24.0 Å². The fourth-order valence-corrected chi connectivity index (χ4v) is 7.81. The number of carbonyl (C=O) groups is 2. The SMILES string of the molecule is COc1cccc(CN2Cc3cc4c(cc3C[C@H]2C(=O)N[C@@H](Cc2ccc(Oc3ccnc(C)c3C)cc2)C(=O)O)OC[C@H](c2ccc(OCc3ccc(Cl)c(Cl)c3)cc2)O4)n1. The van der Waals surface area contributed by atoms with Gasteiger partial charge in [-0.25, -0.2) is 9.78 Å². The number of rotatable bonds is 14. The van der Waals surface area contributed by atoms with Gasteiger partial charge in [-0.2, -0.15) is 0 Å². The van der Waals surface area contributed by atoms with Gasteiger partial charge < -0.3 is 34.1 Å². The van der Waals surface area contributed by atoms with Gasteiger partial charge in [0.1, 0.15) is 36.5 Å². The summed E-state index contributed by atoms with van der Waals surface area (Å²) >= 11 is 12.2. The Morgan fingerprint density at radius 2 is 1.66 bits per heavy atom. The van der Waals surface area contributed by atoms with Crippen molar-refractivity contribution in [2.24, 2.45) is 0 Å². The van der Waals surface area contributed by atoms with E-state index in [0.717, 1.165) is 39.1 Å². The molecule has 2 N–H and O–H groups in total. The number of nitrogens with zero attached hydrogens (tertiary/aromatic N) is 3. The second-order valence-corrected chi connectivity index (χ2v) is 16.1. The van der Waals surface area contributed by atoms with E-state index in [0.29, 0.717) is 76.5 Å². The van der Waals surface area contributed by atoms with Gasteiger partial charge in [0, 0.05) is 43.0 Å². The monoisotopic (exact) mass is 874 g/mol. The van der Waals surface area contributed by atoms with Crippen LogP contribution in [0.4, 0.5) is 0 Å². The van der Waals surface area contributed by atoms with Crippen LogP contribution >= 0.6 is 23.2 Å². The first-order valence-electron chi connectivity index (χ1n) is 20.1. The van der Waals surface area contributed by atoms with E-state index in [2.05, 4.69) is 15.3 Å². The summed E-state index contributed by atoms with van der Waals surface area (Å²) in [5.74, 6) is 2.06. The predicted octanol–water partition coefficient (Wildman–Crippen LogP) is 9.03. The van der Waals surface area contributed by atoms with Crippen LogP contribution in [0.25, 0.3) is 0 Å². The summed E-state index contributed by atoms with van der Waals surface area (Å²) in [6, 6.07) is 29.5. The van der Waals surface area contributed by atoms with Crippen LogP contribution in [-0.4, -0.2) is 57.7 Å². The Labute approximate surface area is 369 Å². The predicted molar refractivity (Wildman–Crippen MR) is 234 cm³/mol. The highest BCUT2D eigenvalue weighted by molar-refractivity contribution is 6.42. The summed E-state index contributed by atoms with van der Waals surface area (Å²) < 4.78 is 30.2. The molecule has 0 bridgehead atoms. The van der Waals surface area contributed by atoms with Crippen LogP contribution in [0.2, 0.25) is 10.0 Å². The number of methoxy groups -OCH3 is 1. The minimum absolute atomic E-state index is 0.0732. The molecule has 4 heterocycles. The first-order chi connectivity index (χ1) is 30.0. The third kappa shape index (κ3) is 9.89. The molecule has 8 rings (SSSR count). The number of carboxylic acids is 1. The molecule has 14 heteroatoms. The lowest BCUT2D eigenvalue weighted by atomic mass is 9.92. The van der Waals surface area contributed by atoms with Gasteiger partial charge in [0.25, 0.3) is 0 Å². The van der Waals surface area contributed by atoms with Crippen molar-refractivity contribution in [3.05, 3.63) is 164 Å². The summed E-state index contributed by atoms with van der Waals surface area (Å²) in [5, 5.41) is 14.1. The number of carboxylic acid groups (broad SMARTS) is 1. The Morgan fingerprint density at radius 3 is 2.42 bits per heavy atom. The van der Waals surface area contributed by atoms with E-state index in [-0.39, 0.29) is 19.1 Å². The number of carbonyl (C=O) groups excluding carboxylic acids is 1. The number of aryl methyl sites for hydroxylation is 1. The quantitative estimate of drug-likeness (QED) is 0.108. The Morgan fingerprint density at radius 1 is 0.903 bits per heavy atom. The first kappa shape index (κ1) is 42.4. The standard InChI is InChI=1S/C48H44Cl2N4O8/c1-28-29(2)51-18-17-42(28)61-37-12-7-30(8-13-37)20-40(48(56)57)53-47(55)41-21-33-22-43-44(23-34(33)24-54(41)25-35-5-4-6-46(52-35)58-3)62-45(27-60-43)32-10-14-36(15-11-32)59-26-31-9-16-38(49)39(50)19-31/h4-19,22-23,40-41,45H,20-21,24-27H2,1-3H3,(H,53,55)(H,56,57)/t40-,41-,45+/m0/s1. The van der Waals surface area contributed by atoms with Crippen molar-refractivity contribution in [3.8, 4) is 34.6 Å². The summed E-state index contributed by atoms with van der Waals surface area (Å²) in [4.78, 5) is 37.8. The number of nitrogens with one attached hydrogen (secondary N) is 1. The van der Waals surface area contributed by atoms with Gasteiger partial charge in [0.2, 0.25) is 11.8 Å². The topological polar surface area (TPSA) is 142 Å². The minimum atomic E-state index is -1.18.